The lowest BCUT2D eigenvalue weighted by Crippen LogP contribution is -2.54. The third-order valence-electron chi connectivity index (χ3n) is 4.21. The van der Waals surface area contributed by atoms with E-state index in [0.29, 0.717) is 26.2 Å². The maximum absolute atomic E-state index is 12.4. The summed E-state index contributed by atoms with van der Waals surface area (Å²) >= 11 is 0. The molecule has 0 saturated carbocycles. The van der Waals surface area contributed by atoms with Crippen molar-refractivity contribution in [1.82, 2.24) is 14.7 Å². The number of hydrogen-bond acceptors (Lipinski definition) is 5. The van der Waals surface area contributed by atoms with Gasteiger partial charge in [-0.15, -0.1) is 0 Å². The highest BCUT2D eigenvalue weighted by atomic mass is 16.5. The maximum Gasteiger partial charge on any atom is 0.248 e. The molecule has 2 amide bonds. The Balaban J connectivity index is 1.80. The van der Waals surface area contributed by atoms with E-state index in [2.05, 4.69) is 4.90 Å². The number of likely N-dealkylation sites (tertiary alicyclic amines) is 1. The number of methoxy groups -OCH3 is 2. The van der Waals surface area contributed by atoms with Gasteiger partial charge in [-0.3, -0.25) is 14.5 Å². The monoisotopic (exact) mass is 299 g/mol. The van der Waals surface area contributed by atoms with Gasteiger partial charge in [0.15, 0.2) is 0 Å². The molecule has 0 bridgehead atoms. The Morgan fingerprint density at radius 3 is 2.48 bits per heavy atom. The smallest absolute Gasteiger partial charge is 0.248 e. The number of amides is 2. The molecule has 2 saturated heterocycles. The van der Waals surface area contributed by atoms with Gasteiger partial charge in [0, 0.05) is 53.5 Å². The molecule has 1 atom stereocenters. The normalized spacial score (nSPS) is 23.9. The van der Waals surface area contributed by atoms with E-state index in [1.165, 1.54) is 7.11 Å². The maximum atomic E-state index is 12.4. The zero-order chi connectivity index (χ0) is 15.2. The second kappa shape index (κ2) is 7.72. The van der Waals surface area contributed by atoms with Crippen LogP contribution in [-0.2, 0) is 19.1 Å². The van der Waals surface area contributed by atoms with Crippen LogP contribution in [0, 0.1) is 0 Å². The standard InChI is InChI=1S/C14H25N3O4/c1-20-10-9-17-4-3-12(14(17)19)15-5-7-16(8-6-15)13(18)11-21-2/h12H,3-11H2,1-2H3. The number of nitrogens with zero attached hydrogens (tertiary/aromatic N) is 3. The third kappa shape index (κ3) is 3.93. The lowest BCUT2D eigenvalue weighted by atomic mass is 10.2. The summed E-state index contributed by atoms with van der Waals surface area (Å²) in [6, 6.07) is -0.0264. The minimum Gasteiger partial charge on any atom is -0.383 e. The minimum absolute atomic E-state index is 0.0246. The van der Waals surface area contributed by atoms with Gasteiger partial charge in [0.1, 0.15) is 6.61 Å². The SMILES string of the molecule is COCCN1CCC(N2CCN(C(=O)COC)CC2)C1=O. The van der Waals surface area contributed by atoms with E-state index >= 15 is 0 Å². The molecule has 2 heterocycles. The van der Waals surface area contributed by atoms with Crippen molar-refractivity contribution < 1.29 is 19.1 Å². The van der Waals surface area contributed by atoms with Crippen LogP contribution in [0.3, 0.4) is 0 Å². The average molecular weight is 299 g/mol. The number of hydrogen-bond donors (Lipinski definition) is 0. The van der Waals surface area contributed by atoms with Crippen LogP contribution in [-0.4, -0.2) is 99.3 Å². The summed E-state index contributed by atoms with van der Waals surface area (Å²) < 4.78 is 9.91. The van der Waals surface area contributed by atoms with Crippen LogP contribution in [0.5, 0.6) is 0 Å². The van der Waals surface area contributed by atoms with Crippen LogP contribution in [0.25, 0.3) is 0 Å². The number of ether oxygens (including phenoxy) is 2. The van der Waals surface area contributed by atoms with Crippen molar-refractivity contribution >= 4 is 11.8 Å². The predicted molar refractivity (Wildman–Crippen MR) is 76.9 cm³/mol. The second-order valence-electron chi connectivity index (χ2n) is 5.47. The van der Waals surface area contributed by atoms with E-state index in [9.17, 15) is 9.59 Å². The Labute approximate surface area is 125 Å². The summed E-state index contributed by atoms with van der Waals surface area (Å²) in [7, 11) is 3.17. The lowest BCUT2D eigenvalue weighted by molar-refractivity contribution is -0.138. The van der Waals surface area contributed by atoms with Gasteiger partial charge in [0.05, 0.1) is 12.6 Å². The van der Waals surface area contributed by atoms with E-state index in [4.69, 9.17) is 9.47 Å². The molecule has 7 nitrogen and oxygen atoms in total. The summed E-state index contributed by atoms with van der Waals surface area (Å²) in [5.74, 6) is 0.223. The fourth-order valence-electron chi connectivity index (χ4n) is 2.98. The predicted octanol–water partition coefficient (Wildman–Crippen LogP) is -0.976. The molecule has 120 valence electrons. The van der Waals surface area contributed by atoms with Gasteiger partial charge >= 0.3 is 0 Å². The summed E-state index contributed by atoms with van der Waals surface area (Å²) in [6.07, 6.45) is 0.870. The molecule has 0 radical (unpaired) electrons. The van der Waals surface area contributed by atoms with Gasteiger partial charge in [0.2, 0.25) is 11.8 Å². The number of rotatable bonds is 6. The van der Waals surface area contributed by atoms with Crippen LogP contribution in [0.15, 0.2) is 0 Å². The molecule has 0 aromatic rings. The zero-order valence-electron chi connectivity index (χ0n) is 12.9. The molecule has 0 aromatic carbocycles. The zero-order valence-corrected chi connectivity index (χ0v) is 12.9. The molecular weight excluding hydrogens is 274 g/mol. The van der Waals surface area contributed by atoms with Gasteiger partial charge in [-0.25, -0.2) is 0 Å². The second-order valence-corrected chi connectivity index (χ2v) is 5.47. The molecule has 0 spiro atoms. The highest BCUT2D eigenvalue weighted by Crippen LogP contribution is 2.18. The van der Waals surface area contributed by atoms with E-state index in [1.54, 1.807) is 7.11 Å². The molecule has 2 fully saturated rings. The fraction of sp³-hybridized carbons (Fsp3) is 0.857. The number of carbonyl (C=O) groups is 2. The Hall–Kier alpha value is -1.18. The van der Waals surface area contributed by atoms with Crippen molar-refractivity contribution in [3.05, 3.63) is 0 Å². The van der Waals surface area contributed by atoms with Crippen molar-refractivity contribution in [1.29, 1.82) is 0 Å². The van der Waals surface area contributed by atoms with Crippen molar-refractivity contribution in [3.8, 4) is 0 Å². The van der Waals surface area contributed by atoms with Crippen LogP contribution >= 0.6 is 0 Å². The number of piperazine rings is 1. The summed E-state index contributed by atoms with van der Waals surface area (Å²) in [4.78, 5) is 30.0. The number of carbonyl (C=O) groups excluding carboxylic acids is 2. The molecule has 1 unspecified atom stereocenters. The van der Waals surface area contributed by atoms with E-state index in [1.807, 2.05) is 9.80 Å². The molecule has 2 aliphatic heterocycles. The Morgan fingerprint density at radius 2 is 1.86 bits per heavy atom. The molecule has 0 N–H and O–H groups in total. The molecule has 7 heteroatoms. The Bertz CT molecular complexity index is 369. The minimum atomic E-state index is -0.0264. The largest absolute Gasteiger partial charge is 0.383 e. The topological polar surface area (TPSA) is 62.3 Å². The van der Waals surface area contributed by atoms with Gasteiger partial charge in [-0.1, -0.05) is 0 Å². The van der Waals surface area contributed by atoms with Gasteiger partial charge in [-0.2, -0.15) is 0 Å². The first-order valence-electron chi connectivity index (χ1n) is 7.46. The van der Waals surface area contributed by atoms with Crippen molar-refractivity contribution in [3.63, 3.8) is 0 Å². The summed E-state index contributed by atoms with van der Waals surface area (Å²) in [5.41, 5.74) is 0. The van der Waals surface area contributed by atoms with Gasteiger partial charge < -0.3 is 19.3 Å². The average Bonchev–Trinajstić information content (AvgIpc) is 2.86. The van der Waals surface area contributed by atoms with Crippen LogP contribution in [0.2, 0.25) is 0 Å². The first-order chi connectivity index (χ1) is 10.2. The fourth-order valence-corrected chi connectivity index (χ4v) is 2.98. The van der Waals surface area contributed by atoms with Crippen LogP contribution in [0.1, 0.15) is 6.42 Å². The molecule has 21 heavy (non-hydrogen) atoms. The van der Waals surface area contributed by atoms with Crippen LogP contribution in [0.4, 0.5) is 0 Å². The summed E-state index contributed by atoms with van der Waals surface area (Å²) in [5, 5.41) is 0. The lowest BCUT2D eigenvalue weighted by Gasteiger charge is -2.37. The Morgan fingerprint density at radius 1 is 1.14 bits per heavy atom. The van der Waals surface area contributed by atoms with Crippen LogP contribution < -0.4 is 0 Å². The Kier molecular flexibility index (Phi) is 5.96. The van der Waals surface area contributed by atoms with Gasteiger partial charge in [-0.05, 0) is 6.42 Å². The van der Waals surface area contributed by atoms with Gasteiger partial charge in [0.25, 0.3) is 0 Å². The van der Waals surface area contributed by atoms with Crippen molar-refractivity contribution in [2.75, 3.05) is 66.7 Å². The molecule has 2 aliphatic rings. The van der Waals surface area contributed by atoms with Crippen molar-refractivity contribution in [2.45, 2.75) is 12.5 Å². The van der Waals surface area contributed by atoms with E-state index in [-0.39, 0.29) is 24.5 Å². The first kappa shape index (κ1) is 16.2. The molecule has 0 aliphatic carbocycles. The summed E-state index contributed by atoms with van der Waals surface area (Å²) in [6.45, 7) is 5.03. The molecule has 0 aromatic heterocycles. The highest BCUT2D eigenvalue weighted by molar-refractivity contribution is 5.84. The highest BCUT2D eigenvalue weighted by Gasteiger charge is 2.37. The molecular formula is C14H25N3O4. The van der Waals surface area contributed by atoms with E-state index < -0.39 is 0 Å². The third-order valence-corrected chi connectivity index (χ3v) is 4.21. The van der Waals surface area contributed by atoms with Crippen molar-refractivity contribution in [2.24, 2.45) is 0 Å². The van der Waals surface area contributed by atoms with E-state index in [0.717, 1.165) is 26.1 Å². The quantitative estimate of drug-likeness (QED) is 0.631. The first-order valence-corrected chi connectivity index (χ1v) is 7.46. The molecule has 2 rings (SSSR count).